The molecule has 0 N–H and O–H groups in total. The van der Waals surface area contributed by atoms with Crippen molar-refractivity contribution < 1.29 is 4.52 Å². The van der Waals surface area contributed by atoms with Crippen molar-refractivity contribution in [2.24, 2.45) is 0 Å². The van der Waals surface area contributed by atoms with Gasteiger partial charge < -0.3 is 4.52 Å². The van der Waals surface area contributed by atoms with Gasteiger partial charge in [0.2, 0.25) is 11.7 Å². The molecule has 1 unspecified atom stereocenters. The van der Waals surface area contributed by atoms with Crippen LogP contribution in [0.2, 0.25) is 5.02 Å². The monoisotopic (exact) mass is 440 g/mol. The van der Waals surface area contributed by atoms with E-state index >= 15 is 0 Å². The third kappa shape index (κ3) is 4.40. The van der Waals surface area contributed by atoms with Crippen LogP contribution in [0, 0.1) is 0 Å². The summed E-state index contributed by atoms with van der Waals surface area (Å²) in [5.74, 6) is 2.45. The maximum absolute atomic E-state index is 6.08. The van der Waals surface area contributed by atoms with Crippen molar-refractivity contribution in [3.05, 3.63) is 71.3 Å². The summed E-state index contributed by atoms with van der Waals surface area (Å²) in [4.78, 5) is 6.59. The predicted octanol–water partition coefficient (Wildman–Crippen LogP) is 4.89. The fraction of sp³-hybridized carbons (Fsp3) is 0.238. The Balaban J connectivity index is 1.60. The Bertz CT molecular complexity index is 1110. The van der Waals surface area contributed by atoms with Crippen LogP contribution in [0.3, 0.4) is 0 Å². The summed E-state index contributed by atoms with van der Waals surface area (Å²) in [5.41, 5.74) is 1.87. The topological polar surface area (TPSA) is 72.9 Å². The SMILES string of the molecule is CC(c1nnc(SCc2nc(-c3ccccc3)no2)n1-c1ccc(Cl)cc1)N(C)C. The van der Waals surface area contributed by atoms with E-state index in [9.17, 15) is 0 Å². The smallest absolute Gasteiger partial charge is 0.237 e. The van der Waals surface area contributed by atoms with Crippen molar-refractivity contribution in [2.45, 2.75) is 23.9 Å². The molecule has 1 atom stereocenters. The number of hydrogen-bond acceptors (Lipinski definition) is 7. The largest absolute Gasteiger partial charge is 0.338 e. The summed E-state index contributed by atoms with van der Waals surface area (Å²) in [6.07, 6.45) is 0. The Kier molecular flexibility index (Phi) is 6.17. The van der Waals surface area contributed by atoms with Crippen LogP contribution in [0.25, 0.3) is 17.1 Å². The summed E-state index contributed by atoms with van der Waals surface area (Å²) >= 11 is 7.58. The van der Waals surface area contributed by atoms with Gasteiger partial charge in [-0.15, -0.1) is 10.2 Å². The zero-order chi connectivity index (χ0) is 21.1. The molecule has 0 aliphatic heterocycles. The summed E-state index contributed by atoms with van der Waals surface area (Å²) in [6, 6.07) is 17.5. The van der Waals surface area contributed by atoms with E-state index in [1.807, 2.05) is 73.3 Å². The fourth-order valence-corrected chi connectivity index (χ4v) is 3.78. The van der Waals surface area contributed by atoms with E-state index in [1.165, 1.54) is 11.8 Å². The van der Waals surface area contributed by atoms with Gasteiger partial charge in [0.1, 0.15) is 0 Å². The molecular weight excluding hydrogens is 420 g/mol. The molecule has 0 radical (unpaired) electrons. The maximum Gasteiger partial charge on any atom is 0.237 e. The minimum Gasteiger partial charge on any atom is -0.338 e. The number of nitrogens with zero attached hydrogens (tertiary/aromatic N) is 6. The lowest BCUT2D eigenvalue weighted by molar-refractivity contribution is 0.305. The lowest BCUT2D eigenvalue weighted by atomic mass is 10.2. The van der Waals surface area contributed by atoms with Gasteiger partial charge in [-0.25, -0.2) is 0 Å². The van der Waals surface area contributed by atoms with Crippen LogP contribution in [-0.4, -0.2) is 43.9 Å². The molecule has 2 aromatic heterocycles. The second-order valence-electron chi connectivity index (χ2n) is 6.96. The summed E-state index contributed by atoms with van der Waals surface area (Å²) < 4.78 is 7.47. The Morgan fingerprint density at radius 1 is 1.07 bits per heavy atom. The zero-order valence-corrected chi connectivity index (χ0v) is 18.4. The second kappa shape index (κ2) is 8.99. The molecule has 0 bridgehead atoms. The van der Waals surface area contributed by atoms with Crippen molar-refractivity contribution in [3.63, 3.8) is 0 Å². The molecule has 154 valence electrons. The Morgan fingerprint density at radius 2 is 1.80 bits per heavy atom. The molecule has 30 heavy (non-hydrogen) atoms. The van der Waals surface area contributed by atoms with E-state index in [2.05, 4.69) is 32.2 Å². The average molecular weight is 441 g/mol. The van der Waals surface area contributed by atoms with Gasteiger partial charge in [-0.3, -0.25) is 9.47 Å². The van der Waals surface area contributed by atoms with Gasteiger partial charge in [-0.05, 0) is 45.3 Å². The number of rotatable bonds is 7. The van der Waals surface area contributed by atoms with Crippen molar-refractivity contribution in [1.82, 2.24) is 29.8 Å². The average Bonchev–Trinajstić information content (AvgIpc) is 3.40. The molecule has 0 amide bonds. The Hall–Kier alpha value is -2.68. The molecule has 2 aromatic carbocycles. The molecule has 4 aromatic rings. The summed E-state index contributed by atoms with van der Waals surface area (Å²) in [6.45, 7) is 2.09. The second-order valence-corrected chi connectivity index (χ2v) is 8.34. The van der Waals surface area contributed by atoms with E-state index in [4.69, 9.17) is 16.1 Å². The first-order chi connectivity index (χ1) is 14.5. The molecule has 0 spiro atoms. The highest BCUT2D eigenvalue weighted by atomic mass is 35.5. The molecule has 0 saturated heterocycles. The van der Waals surface area contributed by atoms with Crippen LogP contribution in [0.15, 0.2) is 64.3 Å². The fourth-order valence-electron chi connectivity index (χ4n) is 2.85. The number of halogens is 1. The van der Waals surface area contributed by atoms with E-state index in [1.54, 1.807) is 0 Å². The molecular formula is C21H21ClN6OS. The van der Waals surface area contributed by atoms with Gasteiger partial charge in [0.05, 0.1) is 11.8 Å². The Morgan fingerprint density at radius 3 is 2.50 bits per heavy atom. The third-order valence-electron chi connectivity index (χ3n) is 4.72. The first kappa shape index (κ1) is 20.6. The quantitative estimate of drug-likeness (QED) is 0.379. The van der Waals surface area contributed by atoms with Crippen molar-refractivity contribution in [3.8, 4) is 17.1 Å². The third-order valence-corrected chi connectivity index (χ3v) is 5.88. The molecule has 7 nitrogen and oxygen atoms in total. The van der Waals surface area contributed by atoms with Gasteiger partial charge >= 0.3 is 0 Å². The van der Waals surface area contributed by atoms with Crippen molar-refractivity contribution in [1.29, 1.82) is 0 Å². The van der Waals surface area contributed by atoms with Crippen molar-refractivity contribution in [2.75, 3.05) is 14.1 Å². The highest BCUT2D eigenvalue weighted by Crippen LogP contribution is 2.29. The van der Waals surface area contributed by atoms with Crippen LogP contribution < -0.4 is 0 Å². The van der Waals surface area contributed by atoms with Crippen molar-refractivity contribution >= 4 is 23.4 Å². The normalized spacial score (nSPS) is 12.4. The van der Waals surface area contributed by atoms with Gasteiger partial charge in [0.15, 0.2) is 11.0 Å². The minimum absolute atomic E-state index is 0.0793. The summed E-state index contributed by atoms with van der Waals surface area (Å²) in [7, 11) is 4.03. The minimum atomic E-state index is 0.0793. The standard InChI is InChI=1S/C21H21ClN6OS/c1-14(27(2)3)20-24-25-21(28(20)17-11-9-16(22)10-12-17)30-13-18-23-19(26-29-18)15-7-5-4-6-8-15/h4-12,14H,13H2,1-3H3. The van der Waals surface area contributed by atoms with Gasteiger partial charge in [-0.2, -0.15) is 4.98 Å². The lowest BCUT2D eigenvalue weighted by Gasteiger charge is -2.20. The van der Waals surface area contributed by atoms with Crippen LogP contribution in [0.4, 0.5) is 0 Å². The van der Waals surface area contributed by atoms with E-state index in [0.717, 1.165) is 22.2 Å². The highest BCUT2D eigenvalue weighted by Gasteiger charge is 2.21. The van der Waals surface area contributed by atoms with Gasteiger partial charge in [-0.1, -0.05) is 58.9 Å². The maximum atomic E-state index is 6.08. The van der Waals surface area contributed by atoms with Crippen LogP contribution in [0.1, 0.15) is 24.7 Å². The molecule has 0 aliphatic rings. The van der Waals surface area contributed by atoms with Gasteiger partial charge in [0, 0.05) is 16.3 Å². The predicted molar refractivity (Wildman–Crippen MR) is 118 cm³/mol. The number of benzene rings is 2. The van der Waals surface area contributed by atoms with Crippen LogP contribution in [0.5, 0.6) is 0 Å². The van der Waals surface area contributed by atoms with Crippen LogP contribution >= 0.6 is 23.4 Å². The first-order valence-corrected chi connectivity index (χ1v) is 10.8. The highest BCUT2D eigenvalue weighted by molar-refractivity contribution is 7.98. The molecule has 0 saturated carbocycles. The molecule has 0 fully saturated rings. The molecule has 2 heterocycles. The molecule has 4 rings (SSSR count). The first-order valence-electron chi connectivity index (χ1n) is 9.41. The van der Waals surface area contributed by atoms with Crippen LogP contribution in [-0.2, 0) is 5.75 Å². The zero-order valence-electron chi connectivity index (χ0n) is 16.9. The Labute approximate surface area is 184 Å². The van der Waals surface area contributed by atoms with E-state index < -0.39 is 0 Å². The van der Waals surface area contributed by atoms with E-state index in [0.29, 0.717) is 22.5 Å². The number of thioether (sulfide) groups is 1. The van der Waals surface area contributed by atoms with Gasteiger partial charge in [0.25, 0.3) is 0 Å². The lowest BCUT2D eigenvalue weighted by Crippen LogP contribution is -2.20. The number of aromatic nitrogens is 5. The molecule has 0 aliphatic carbocycles. The number of hydrogen-bond donors (Lipinski definition) is 0. The van der Waals surface area contributed by atoms with E-state index in [-0.39, 0.29) is 6.04 Å². The summed E-state index contributed by atoms with van der Waals surface area (Å²) in [5, 5.41) is 14.4. The molecule has 9 heteroatoms.